The van der Waals surface area contributed by atoms with Gasteiger partial charge in [0.05, 0.1) is 23.0 Å². The minimum atomic E-state index is -3.77. The fourth-order valence-corrected chi connectivity index (χ4v) is 9.54. The van der Waals surface area contributed by atoms with Gasteiger partial charge in [-0.3, -0.25) is 8.37 Å². The molecule has 0 aromatic heterocycles. The summed E-state index contributed by atoms with van der Waals surface area (Å²) in [5.74, 6) is 3.42. The highest BCUT2D eigenvalue weighted by atomic mass is 32.2. The van der Waals surface area contributed by atoms with Crippen molar-refractivity contribution in [2.24, 2.45) is 47.3 Å². The fraction of sp³-hybridized carbons (Fsp3) is 0.467. The Hall–Kier alpha value is -2.26. The number of benzene rings is 2. The molecule has 202 valence electrons. The van der Waals surface area contributed by atoms with Gasteiger partial charge in [0.2, 0.25) is 0 Å². The van der Waals surface area contributed by atoms with Crippen LogP contribution in [-0.2, 0) is 28.6 Å². The molecule has 0 saturated heterocycles. The van der Waals surface area contributed by atoms with Crippen LogP contribution in [0.3, 0.4) is 0 Å². The molecule has 4 aliphatic rings. The standard InChI is InChI=1S/C30H34O6S2/c1-19-3-7-21(8-4-19)37(31,32)35-17-15-23-25-11-13-27-24(28-14-12-26(23)30(28)29(25)27)16-18-36-38(33,34)22-9-5-20(2)6-10-22/h3-14,23-30H,15-18H2,1-2H3/t23?,24?,25-,26-,27-,28+,29?,30?/m0/s1. The molecule has 2 saturated carbocycles. The van der Waals surface area contributed by atoms with E-state index in [4.69, 9.17) is 8.37 Å². The van der Waals surface area contributed by atoms with Crippen LogP contribution >= 0.6 is 0 Å². The van der Waals surface area contributed by atoms with Gasteiger partial charge in [-0.05, 0) is 98.3 Å². The van der Waals surface area contributed by atoms with Crippen molar-refractivity contribution in [2.45, 2.75) is 36.5 Å². The molecule has 0 radical (unpaired) electrons. The summed E-state index contributed by atoms with van der Waals surface area (Å²) in [5, 5.41) is 0. The molecule has 2 aromatic carbocycles. The van der Waals surface area contributed by atoms with Crippen molar-refractivity contribution in [3.8, 4) is 0 Å². The molecule has 38 heavy (non-hydrogen) atoms. The fourth-order valence-electron chi connectivity index (χ4n) is 7.70. The van der Waals surface area contributed by atoms with E-state index in [1.807, 2.05) is 13.8 Å². The van der Waals surface area contributed by atoms with Crippen molar-refractivity contribution in [1.29, 1.82) is 0 Å². The molecule has 0 bridgehead atoms. The molecule has 0 aliphatic heterocycles. The first-order valence-corrected chi connectivity index (χ1v) is 16.3. The Morgan fingerprint density at radius 2 is 0.868 bits per heavy atom. The van der Waals surface area contributed by atoms with Gasteiger partial charge in [0, 0.05) is 0 Å². The second kappa shape index (κ2) is 9.73. The zero-order chi connectivity index (χ0) is 26.7. The van der Waals surface area contributed by atoms with Crippen LogP contribution in [0.1, 0.15) is 24.0 Å². The van der Waals surface area contributed by atoms with Crippen molar-refractivity contribution in [3.05, 3.63) is 84.0 Å². The van der Waals surface area contributed by atoms with E-state index in [-0.39, 0.29) is 23.0 Å². The summed E-state index contributed by atoms with van der Waals surface area (Å²) in [6.07, 6.45) is 10.7. The number of hydrogen-bond acceptors (Lipinski definition) is 6. The maximum Gasteiger partial charge on any atom is 0.296 e. The zero-order valence-electron chi connectivity index (χ0n) is 21.6. The molecular weight excluding hydrogens is 520 g/mol. The summed E-state index contributed by atoms with van der Waals surface area (Å²) >= 11 is 0. The summed E-state index contributed by atoms with van der Waals surface area (Å²) in [6, 6.07) is 13.5. The second-order valence-electron chi connectivity index (χ2n) is 11.3. The third-order valence-corrected chi connectivity index (χ3v) is 12.0. The van der Waals surface area contributed by atoms with E-state index in [0.717, 1.165) is 11.1 Å². The molecule has 6 nitrogen and oxygen atoms in total. The summed E-state index contributed by atoms with van der Waals surface area (Å²) in [6.45, 7) is 4.20. The van der Waals surface area contributed by atoms with Crippen molar-refractivity contribution in [3.63, 3.8) is 0 Å². The monoisotopic (exact) mass is 554 g/mol. The van der Waals surface area contributed by atoms with Gasteiger partial charge in [0.25, 0.3) is 20.2 Å². The smallest absolute Gasteiger partial charge is 0.266 e. The zero-order valence-corrected chi connectivity index (χ0v) is 23.3. The molecule has 0 spiro atoms. The first-order chi connectivity index (χ1) is 18.2. The first-order valence-electron chi connectivity index (χ1n) is 13.4. The molecule has 2 aromatic rings. The van der Waals surface area contributed by atoms with Crippen molar-refractivity contribution in [2.75, 3.05) is 13.2 Å². The van der Waals surface area contributed by atoms with Gasteiger partial charge in [-0.1, -0.05) is 59.7 Å². The Morgan fingerprint density at radius 1 is 0.553 bits per heavy atom. The van der Waals surface area contributed by atoms with Crippen molar-refractivity contribution in [1.82, 2.24) is 0 Å². The predicted octanol–water partition coefficient (Wildman–Crippen LogP) is 5.29. The maximum absolute atomic E-state index is 12.6. The highest BCUT2D eigenvalue weighted by Gasteiger charge is 2.63. The van der Waals surface area contributed by atoms with Crippen LogP contribution in [0.15, 0.2) is 82.6 Å². The van der Waals surface area contributed by atoms with Gasteiger partial charge < -0.3 is 0 Å². The normalized spacial score (nSPS) is 32.8. The van der Waals surface area contributed by atoms with Crippen LogP contribution in [0, 0.1) is 61.2 Å². The van der Waals surface area contributed by atoms with Crippen LogP contribution in [0.5, 0.6) is 0 Å². The number of hydrogen-bond donors (Lipinski definition) is 0. The lowest BCUT2D eigenvalue weighted by molar-refractivity contribution is 0.211. The average molecular weight is 555 g/mol. The van der Waals surface area contributed by atoms with Gasteiger partial charge in [-0.2, -0.15) is 16.8 Å². The summed E-state index contributed by atoms with van der Waals surface area (Å²) in [7, 11) is -7.53. The molecule has 2 fully saturated rings. The first kappa shape index (κ1) is 26.0. The molecule has 6 rings (SSSR count). The summed E-state index contributed by atoms with van der Waals surface area (Å²) in [4.78, 5) is 0.394. The average Bonchev–Trinajstić information content (AvgIpc) is 3.61. The van der Waals surface area contributed by atoms with Crippen LogP contribution in [0.4, 0.5) is 0 Å². The largest absolute Gasteiger partial charge is 0.296 e. The van der Waals surface area contributed by atoms with E-state index in [1.54, 1.807) is 48.5 Å². The third-order valence-electron chi connectivity index (χ3n) is 9.31. The van der Waals surface area contributed by atoms with Gasteiger partial charge in [0.1, 0.15) is 0 Å². The predicted molar refractivity (Wildman–Crippen MR) is 144 cm³/mol. The van der Waals surface area contributed by atoms with Crippen molar-refractivity contribution >= 4 is 20.2 Å². The summed E-state index contributed by atoms with van der Waals surface area (Å²) < 4.78 is 61.5. The van der Waals surface area contributed by atoms with E-state index in [1.165, 1.54) is 0 Å². The third kappa shape index (κ3) is 4.49. The Balaban J connectivity index is 1.07. The molecule has 8 heteroatoms. The highest BCUT2D eigenvalue weighted by molar-refractivity contribution is 7.87. The molecule has 8 atom stereocenters. The Labute approximate surface area is 226 Å². The highest BCUT2D eigenvalue weighted by Crippen LogP contribution is 2.68. The van der Waals surface area contributed by atoms with Gasteiger partial charge in [0.15, 0.2) is 0 Å². The van der Waals surface area contributed by atoms with Crippen molar-refractivity contribution < 1.29 is 25.2 Å². The van der Waals surface area contributed by atoms with Crippen LogP contribution in [0.25, 0.3) is 0 Å². The second-order valence-corrected chi connectivity index (χ2v) is 14.5. The SMILES string of the molecule is Cc1ccc(S(=O)(=O)OCCC2[C@H]3C=C[C@H]4C(CCOS(=O)(=O)c5ccc(C)cc5)[C@@H]5C=C[C@@H]2C5C34)cc1. The van der Waals surface area contributed by atoms with Gasteiger partial charge in [-0.25, -0.2) is 0 Å². The van der Waals surface area contributed by atoms with Gasteiger partial charge >= 0.3 is 0 Å². The van der Waals surface area contributed by atoms with E-state index >= 15 is 0 Å². The Morgan fingerprint density at radius 3 is 1.18 bits per heavy atom. The topological polar surface area (TPSA) is 86.7 Å². The lowest BCUT2D eigenvalue weighted by Gasteiger charge is -2.25. The summed E-state index contributed by atoms with van der Waals surface area (Å²) in [5.41, 5.74) is 2.01. The Bertz CT molecular complexity index is 1320. The molecule has 4 unspecified atom stereocenters. The van der Waals surface area contributed by atoms with E-state index in [2.05, 4.69) is 24.3 Å². The van der Waals surface area contributed by atoms with E-state index < -0.39 is 20.2 Å². The van der Waals surface area contributed by atoms with Crippen LogP contribution in [-0.4, -0.2) is 30.0 Å². The number of allylic oxidation sites excluding steroid dienone is 4. The van der Waals surface area contributed by atoms with Crippen LogP contribution in [0.2, 0.25) is 0 Å². The Kier molecular flexibility index (Phi) is 6.66. The minimum Gasteiger partial charge on any atom is -0.266 e. The lowest BCUT2D eigenvalue weighted by Crippen LogP contribution is -2.22. The maximum atomic E-state index is 12.6. The van der Waals surface area contributed by atoms with E-state index in [0.29, 0.717) is 60.2 Å². The molecular formula is C30H34O6S2. The molecule has 4 aliphatic carbocycles. The van der Waals surface area contributed by atoms with E-state index in [9.17, 15) is 16.8 Å². The molecule has 0 heterocycles. The molecule has 0 N–H and O–H groups in total. The molecule has 0 amide bonds. The van der Waals surface area contributed by atoms with Gasteiger partial charge in [-0.15, -0.1) is 0 Å². The lowest BCUT2D eigenvalue weighted by atomic mass is 9.81. The number of aryl methyl sites for hydroxylation is 2. The quantitative estimate of drug-likeness (QED) is 0.293. The van der Waals surface area contributed by atoms with Crippen LogP contribution < -0.4 is 0 Å². The minimum absolute atomic E-state index is 0.179. The number of rotatable bonds is 10.